The van der Waals surface area contributed by atoms with Gasteiger partial charge in [-0.1, -0.05) is 11.6 Å². The number of anilines is 1. The van der Waals surface area contributed by atoms with Crippen molar-refractivity contribution >= 4 is 44.4 Å². The summed E-state index contributed by atoms with van der Waals surface area (Å²) < 4.78 is 37.8. The largest absolute Gasteiger partial charge is 0.493 e. The first-order valence-electron chi connectivity index (χ1n) is 10.0. The third-order valence-electron chi connectivity index (χ3n) is 5.33. The fraction of sp³-hybridized carbons (Fsp3) is 0.286. The summed E-state index contributed by atoms with van der Waals surface area (Å²) in [6.45, 7) is 1.57. The number of ether oxygens (including phenoxy) is 2. The van der Waals surface area contributed by atoms with Gasteiger partial charge in [-0.05, 0) is 30.3 Å². The maximum absolute atomic E-state index is 12.6. The third kappa shape index (κ3) is 4.74. The first-order chi connectivity index (χ1) is 15.8. The summed E-state index contributed by atoms with van der Waals surface area (Å²) in [6.07, 6.45) is 1.47. The van der Waals surface area contributed by atoms with Crippen LogP contribution in [0.4, 0.5) is 10.6 Å². The number of halogens is 1. The van der Waals surface area contributed by atoms with E-state index in [0.29, 0.717) is 54.0 Å². The molecule has 0 spiro atoms. The minimum absolute atomic E-state index is 0.0317. The van der Waals surface area contributed by atoms with E-state index in [1.165, 1.54) is 35.5 Å². The van der Waals surface area contributed by atoms with Gasteiger partial charge in [-0.25, -0.2) is 27.9 Å². The maximum atomic E-state index is 12.6. The van der Waals surface area contributed by atoms with Crippen molar-refractivity contribution in [1.29, 1.82) is 0 Å². The number of carbonyl (C=O) groups excluding carboxylic acids is 1. The summed E-state index contributed by atoms with van der Waals surface area (Å²) in [5.74, 6) is 1.83. The molecule has 1 aromatic heterocycles. The predicted octanol–water partition coefficient (Wildman–Crippen LogP) is 2.52. The van der Waals surface area contributed by atoms with E-state index < -0.39 is 16.1 Å². The highest BCUT2D eigenvalue weighted by atomic mass is 35.5. The fourth-order valence-corrected chi connectivity index (χ4v) is 4.69. The molecule has 3 aromatic rings. The van der Waals surface area contributed by atoms with Crippen LogP contribution in [-0.2, 0) is 10.0 Å². The summed E-state index contributed by atoms with van der Waals surface area (Å²) >= 11 is 5.80. The molecule has 2 amide bonds. The van der Waals surface area contributed by atoms with Crippen LogP contribution < -0.4 is 19.1 Å². The van der Waals surface area contributed by atoms with E-state index in [-0.39, 0.29) is 4.90 Å². The van der Waals surface area contributed by atoms with E-state index in [9.17, 15) is 13.2 Å². The van der Waals surface area contributed by atoms with Crippen molar-refractivity contribution in [3.8, 4) is 11.5 Å². The molecule has 0 unspecified atom stereocenters. The second-order valence-corrected chi connectivity index (χ2v) is 9.38. The first-order valence-corrected chi connectivity index (χ1v) is 11.9. The van der Waals surface area contributed by atoms with Crippen LogP contribution in [0.3, 0.4) is 0 Å². The van der Waals surface area contributed by atoms with E-state index in [0.717, 1.165) is 5.39 Å². The number of urea groups is 1. The van der Waals surface area contributed by atoms with Crippen LogP contribution in [0.25, 0.3) is 10.9 Å². The summed E-state index contributed by atoms with van der Waals surface area (Å²) in [6, 6.07) is 8.53. The Morgan fingerprint density at radius 3 is 2.27 bits per heavy atom. The van der Waals surface area contributed by atoms with Crippen LogP contribution in [0.15, 0.2) is 47.6 Å². The lowest BCUT2D eigenvalue weighted by Crippen LogP contribution is -2.53. The Hall–Kier alpha value is -3.31. The number of carbonyl (C=O) groups is 1. The number of sulfonamides is 1. The number of rotatable bonds is 5. The fourth-order valence-electron chi connectivity index (χ4n) is 3.59. The van der Waals surface area contributed by atoms with Gasteiger partial charge in [0.25, 0.3) is 10.0 Å². The topological polar surface area (TPSA) is 114 Å². The van der Waals surface area contributed by atoms with Gasteiger partial charge in [0.1, 0.15) is 12.1 Å². The van der Waals surface area contributed by atoms with Gasteiger partial charge in [0.05, 0.1) is 24.6 Å². The van der Waals surface area contributed by atoms with Crippen LogP contribution in [0, 0.1) is 0 Å². The molecular formula is C21H22ClN5O5S. The highest BCUT2D eigenvalue weighted by Crippen LogP contribution is 2.34. The van der Waals surface area contributed by atoms with Crippen molar-refractivity contribution in [3.63, 3.8) is 0 Å². The molecule has 4 rings (SSSR count). The molecule has 10 nitrogen and oxygen atoms in total. The second-order valence-electron chi connectivity index (χ2n) is 7.26. The number of fused-ring (bicyclic) bond motifs is 1. The molecule has 0 saturated carbocycles. The maximum Gasteiger partial charge on any atom is 0.331 e. The average molecular weight is 492 g/mol. The van der Waals surface area contributed by atoms with Gasteiger partial charge in [-0.3, -0.25) is 0 Å². The molecule has 1 aliphatic heterocycles. The minimum Gasteiger partial charge on any atom is -0.493 e. The van der Waals surface area contributed by atoms with Crippen LogP contribution >= 0.6 is 11.6 Å². The number of benzene rings is 2. The lowest BCUT2D eigenvalue weighted by molar-refractivity contribution is 0.200. The molecule has 2 aromatic carbocycles. The zero-order chi connectivity index (χ0) is 23.6. The highest BCUT2D eigenvalue weighted by Gasteiger charge is 2.27. The van der Waals surface area contributed by atoms with Crippen molar-refractivity contribution in [3.05, 3.63) is 47.7 Å². The number of aromatic nitrogens is 2. The van der Waals surface area contributed by atoms with Crippen molar-refractivity contribution in [2.75, 3.05) is 45.3 Å². The number of nitrogens with one attached hydrogen (secondary N) is 1. The Balaban J connectivity index is 1.47. The van der Waals surface area contributed by atoms with Crippen LogP contribution in [0.2, 0.25) is 5.02 Å². The van der Waals surface area contributed by atoms with Gasteiger partial charge in [0.2, 0.25) is 0 Å². The number of nitrogens with zero attached hydrogens (tertiary/aromatic N) is 4. The highest BCUT2D eigenvalue weighted by molar-refractivity contribution is 7.90. The van der Waals surface area contributed by atoms with Crippen molar-refractivity contribution in [1.82, 2.24) is 19.6 Å². The molecule has 2 heterocycles. The first kappa shape index (κ1) is 22.9. The molecule has 0 aliphatic carbocycles. The number of methoxy groups -OCH3 is 2. The third-order valence-corrected chi connectivity index (χ3v) is 6.92. The Morgan fingerprint density at radius 1 is 1.00 bits per heavy atom. The van der Waals surface area contributed by atoms with Gasteiger partial charge in [-0.15, -0.1) is 0 Å². The van der Waals surface area contributed by atoms with Crippen LogP contribution in [0.5, 0.6) is 11.5 Å². The number of hydrogen-bond acceptors (Lipinski definition) is 8. The lowest BCUT2D eigenvalue weighted by Gasteiger charge is -2.35. The second kappa shape index (κ2) is 9.28. The number of piperazine rings is 1. The quantitative estimate of drug-likeness (QED) is 0.579. The van der Waals surface area contributed by atoms with Gasteiger partial charge >= 0.3 is 6.03 Å². The number of hydrogen-bond donors (Lipinski definition) is 1. The summed E-state index contributed by atoms with van der Waals surface area (Å²) in [4.78, 5) is 24.8. The monoisotopic (exact) mass is 491 g/mol. The normalized spacial score (nSPS) is 14.3. The Labute approximate surface area is 196 Å². The minimum atomic E-state index is -3.99. The van der Waals surface area contributed by atoms with E-state index in [4.69, 9.17) is 21.1 Å². The van der Waals surface area contributed by atoms with Crippen LogP contribution in [-0.4, -0.2) is 69.7 Å². The van der Waals surface area contributed by atoms with Gasteiger partial charge in [0.15, 0.2) is 11.5 Å². The van der Waals surface area contributed by atoms with Gasteiger partial charge in [0, 0.05) is 42.7 Å². The molecule has 1 N–H and O–H groups in total. The molecule has 0 radical (unpaired) electrons. The smallest absolute Gasteiger partial charge is 0.331 e. The van der Waals surface area contributed by atoms with E-state index in [1.54, 1.807) is 20.3 Å². The average Bonchev–Trinajstić information content (AvgIpc) is 2.82. The van der Waals surface area contributed by atoms with Crippen LogP contribution in [0.1, 0.15) is 0 Å². The Kier molecular flexibility index (Phi) is 6.43. The summed E-state index contributed by atoms with van der Waals surface area (Å²) in [5.41, 5.74) is 0.701. The molecule has 1 fully saturated rings. The molecule has 174 valence electrons. The zero-order valence-corrected chi connectivity index (χ0v) is 19.6. The molecule has 12 heteroatoms. The van der Waals surface area contributed by atoms with E-state index >= 15 is 0 Å². The standard InChI is InChI=1S/C21H22ClN5O5S/c1-31-18-11-16-17(12-19(18)32-2)23-13-24-20(16)26-7-9-27(10-8-26)21(28)25-33(29,30)15-5-3-14(22)4-6-15/h3-6,11-13H,7-10H2,1-2H3,(H,25,28). The predicted molar refractivity (Wildman–Crippen MR) is 124 cm³/mol. The van der Waals surface area contributed by atoms with Crippen molar-refractivity contribution < 1.29 is 22.7 Å². The lowest BCUT2D eigenvalue weighted by atomic mass is 10.2. The SMILES string of the molecule is COc1cc2ncnc(N3CCN(C(=O)NS(=O)(=O)c4ccc(Cl)cc4)CC3)c2cc1OC. The Morgan fingerprint density at radius 2 is 1.64 bits per heavy atom. The summed E-state index contributed by atoms with van der Waals surface area (Å²) in [5, 5.41) is 1.20. The molecule has 0 atom stereocenters. The number of amides is 2. The van der Waals surface area contributed by atoms with Gasteiger partial charge in [-0.2, -0.15) is 0 Å². The molecule has 0 bridgehead atoms. The van der Waals surface area contributed by atoms with Crippen molar-refractivity contribution in [2.45, 2.75) is 4.90 Å². The summed E-state index contributed by atoms with van der Waals surface area (Å²) in [7, 11) is -0.877. The Bertz CT molecular complexity index is 1280. The van der Waals surface area contributed by atoms with E-state index in [2.05, 4.69) is 14.7 Å². The molecule has 1 saturated heterocycles. The van der Waals surface area contributed by atoms with Gasteiger partial charge < -0.3 is 19.3 Å². The van der Waals surface area contributed by atoms with E-state index in [1.807, 2.05) is 11.0 Å². The molecule has 1 aliphatic rings. The molecule has 33 heavy (non-hydrogen) atoms. The zero-order valence-electron chi connectivity index (χ0n) is 18.0. The molecular weight excluding hydrogens is 470 g/mol. The van der Waals surface area contributed by atoms with Crippen molar-refractivity contribution in [2.24, 2.45) is 0 Å².